The summed E-state index contributed by atoms with van der Waals surface area (Å²) in [4.78, 5) is 116. The Hall–Kier alpha value is -4.09. The van der Waals surface area contributed by atoms with E-state index in [4.69, 9.17) is 29.7 Å². The van der Waals surface area contributed by atoms with E-state index in [9.17, 15) is 72.2 Å². The largest absolute Gasteiger partial charge is 0.481 e. The molecule has 0 radical (unpaired) electrons. The number of phosphoric ester groups is 3. The standard InChI is InChI=1S/C25H40N7O17P3S.C5H6O5/c1-4-5-16(34)53-9-8-27-15(33)6-7-28-23(37)20(36)25(2,3)11-46-52(43,44)49-51(41,42)45-10-14-19(48-50(38,39)40)18(35)24(47-14)32-13-31-17-21(26)29-12-30-22(17)32;6-3(5(9)10)1-2-4(7)8/h4-5,12-14,18-20,24,35-36H,6-11H2,1-3H3,(H,27,33)(H,28,37)(H,41,42)(H,43,44)(H2,26,29,30)(H2,38,39,40);1-2H2,(H,7,8)(H,9,10)/b5-4+;/t14-,18-,19-,20+,24-;/m1./s1. The van der Waals surface area contributed by atoms with Crippen LogP contribution in [0.15, 0.2) is 24.8 Å². The molecule has 0 bridgehead atoms. The molecule has 1 saturated heterocycles. The number of nitrogens with one attached hydrogen (secondary N) is 2. The molecular weight excluding hydrogens is 935 g/mol. The number of thioether (sulfide) groups is 1. The van der Waals surface area contributed by atoms with Crippen molar-refractivity contribution in [1.29, 1.82) is 0 Å². The van der Waals surface area contributed by atoms with Crippen LogP contribution in [0.1, 0.15) is 46.3 Å². The lowest BCUT2D eigenvalue weighted by molar-refractivity contribution is -0.149. The zero-order chi connectivity index (χ0) is 47.9. The van der Waals surface area contributed by atoms with Crippen molar-refractivity contribution in [2.45, 2.75) is 70.7 Å². The average Bonchev–Trinajstić information content (AvgIpc) is 3.73. The Bertz CT molecular complexity index is 2140. The maximum absolute atomic E-state index is 12.6. The molecule has 2 amide bonds. The lowest BCUT2D eigenvalue weighted by atomic mass is 9.87. The van der Waals surface area contributed by atoms with E-state index in [1.807, 2.05) is 0 Å². The van der Waals surface area contributed by atoms with Crippen molar-refractivity contribution >= 4 is 86.9 Å². The van der Waals surface area contributed by atoms with E-state index in [-0.39, 0.29) is 41.6 Å². The smallest absolute Gasteiger partial charge is 0.481 e. The number of ketones is 1. The van der Waals surface area contributed by atoms with Gasteiger partial charge in [-0.1, -0.05) is 31.7 Å². The van der Waals surface area contributed by atoms with Gasteiger partial charge >= 0.3 is 35.4 Å². The van der Waals surface area contributed by atoms with E-state index < -0.39 is 115 Å². The zero-order valence-electron chi connectivity index (χ0n) is 33.3. The molecule has 354 valence electrons. The Morgan fingerprint density at radius 1 is 0.984 bits per heavy atom. The summed E-state index contributed by atoms with van der Waals surface area (Å²) in [6.07, 6.45) is -4.80. The monoisotopic (exact) mass is 981 g/mol. The summed E-state index contributed by atoms with van der Waals surface area (Å²) in [5, 5.41) is 42.0. The predicted molar refractivity (Wildman–Crippen MR) is 211 cm³/mol. The number of nitrogens with zero attached hydrogens (tertiary/aromatic N) is 4. The first-order chi connectivity index (χ1) is 29.1. The number of anilines is 1. The molecule has 7 atom stereocenters. The van der Waals surface area contributed by atoms with E-state index in [2.05, 4.69) is 34.4 Å². The van der Waals surface area contributed by atoms with Crippen molar-refractivity contribution in [3.63, 3.8) is 0 Å². The van der Waals surface area contributed by atoms with Crippen molar-refractivity contribution < 1.29 is 105 Å². The molecule has 2 aromatic heterocycles. The molecule has 2 unspecified atom stereocenters. The number of carbonyl (C=O) groups excluding carboxylic acids is 4. The fourth-order valence-electron chi connectivity index (χ4n) is 4.79. The van der Waals surface area contributed by atoms with Gasteiger partial charge in [-0.2, -0.15) is 4.31 Å². The molecule has 29 nitrogen and oxygen atoms in total. The molecule has 0 saturated carbocycles. The number of aliphatic hydroxyl groups is 2. The number of hydrogen-bond donors (Lipinski definition) is 11. The number of rotatable bonds is 24. The Balaban J connectivity index is 0.00000121. The van der Waals surface area contributed by atoms with Crippen LogP contribution in [-0.4, -0.2) is 151 Å². The highest BCUT2D eigenvalue weighted by Crippen LogP contribution is 2.61. The minimum atomic E-state index is -5.56. The molecule has 3 rings (SSSR count). The van der Waals surface area contributed by atoms with Crippen LogP contribution in [0.4, 0.5) is 5.82 Å². The molecule has 0 aromatic carbocycles. The summed E-state index contributed by atoms with van der Waals surface area (Å²) in [6.45, 7) is 2.17. The molecule has 1 fully saturated rings. The number of imidazole rings is 1. The number of aliphatic carboxylic acids is 2. The van der Waals surface area contributed by atoms with E-state index >= 15 is 0 Å². The second-order valence-corrected chi connectivity index (χ2v) is 18.7. The van der Waals surface area contributed by atoms with Gasteiger partial charge in [0.15, 0.2) is 17.7 Å². The summed E-state index contributed by atoms with van der Waals surface area (Å²) >= 11 is 1.01. The van der Waals surface area contributed by atoms with Crippen molar-refractivity contribution in [1.82, 2.24) is 30.2 Å². The number of phosphoric acid groups is 3. The number of hydrogen-bond acceptors (Lipinski definition) is 21. The van der Waals surface area contributed by atoms with Crippen LogP contribution in [0, 0.1) is 5.41 Å². The molecule has 33 heteroatoms. The lowest BCUT2D eigenvalue weighted by Crippen LogP contribution is -2.46. The van der Waals surface area contributed by atoms with E-state index in [0.29, 0.717) is 5.75 Å². The molecule has 0 aliphatic carbocycles. The summed E-state index contributed by atoms with van der Waals surface area (Å²) < 4.78 is 61.9. The Labute approximate surface area is 360 Å². The van der Waals surface area contributed by atoms with Gasteiger partial charge in [0.05, 0.1) is 26.0 Å². The molecule has 3 heterocycles. The zero-order valence-corrected chi connectivity index (χ0v) is 36.8. The van der Waals surface area contributed by atoms with Crippen molar-refractivity contribution in [3.05, 3.63) is 24.8 Å². The molecule has 12 N–H and O–H groups in total. The van der Waals surface area contributed by atoms with Crippen molar-refractivity contribution in [2.24, 2.45) is 5.41 Å². The van der Waals surface area contributed by atoms with Gasteiger partial charge in [-0.15, -0.1) is 0 Å². The fourth-order valence-corrected chi connectivity index (χ4v) is 8.26. The number of carboxylic acids is 2. The van der Waals surface area contributed by atoms with E-state index in [1.54, 1.807) is 13.0 Å². The van der Waals surface area contributed by atoms with E-state index in [0.717, 1.165) is 29.0 Å². The van der Waals surface area contributed by atoms with Gasteiger partial charge in [-0.3, -0.25) is 42.1 Å². The number of fused-ring (bicyclic) bond motifs is 1. The van der Waals surface area contributed by atoms with E-state index in [1.165, 1.54) is 19.9 Å². The van der Waals surface area contributed by atoms with Crippen LogP contribution >= 0.6 is 35.2 Å². The highest BCUT2D eigenvalue weighted by atomic mass is 32.2. The Morgan fingerprint density at radius 3 is 2.24 bits per heavy atom. The third-order valence-electron chi connectivity index (χ3n) is 7.85. The van der Waals surface area contributed by atoms with Crippen molar-refractivity contribution in [3.8, 4) is 0 Å². The third-order valence-corrected chi connectivity index (χ3v) is 11.8. The van der Waals surface area contributed by atoms with Gasteiger partial charge < -0.3 is 61.1 Å². The van der Waals surface area contributed by atoms with Crippen LogP contribution in [0.3, 0.4) is 0 Å². The van der Waals surface area contributed by atoms with Gasteiger partial charge in [-0.05, 0) is 13.0 Å². The number of carbonyl (C=O) groups is 6. The quantitative estimate of drug-likeness (QED) is 0.0253. The summed E-state index contributed by atoms with van der Waals surface area (Å²) in [5.74, 6) is -4.95. The first-order valence-electron chi connectivity index (χ1n) is 17.8. The molecule has 2 aromatic rings. The number of carboxylic acid groups (broad SMARTS) is 2. The van der Waals surface area contributed by atoms with Crippen LogP contribution in [0.25, 0.3) is 11.2 Å². The van der Waals surface area contributed by atoms with Gasteiger partial charge in [0.25, 0.3) is 0 Å². The van der Waals surface area contributed by atoms with Crippen LogP contribution in [0.2, 0.25) is 0 Å². The fraction of sp³-hybridized carbons (Fsp3) is 0.567. The maximum atomic E-state index is 12.6. The van der Waals surface area contributed by atoms with Gasteiger partial charge in [-0.25, -0.2) is 33.4 Å². The minimum absolute atomic E-state index is 0.0300. The first kappa shape index (κ1) is 55.0. The Kier molecular flexibility index (Phi) is 21.2. The highest BCUT2D eigenvalue weighted by molar-refractivity contribution is 8.14. The molecule has 0 spiro atoms. The highest BCUT2D eigenvalue weighted by Gasteiger charge is 2.50. The summed E-state index contributed by atoms with van der Waals surface area (Å²) in [5.41, 5.74) is 4.26. The number of nitrogen functional groups attached to an aromatic ring is 1. The third kappa shape index (κ3) is 18.9. The number of aliphatic hydroxyl groups excluding tert-OH is 2. The minimum Gasteiger partial charge on any atom is -0.481 e. The molecule has 1 aliphatic heterocycles. The normalized spacial score (nSPS) is 20.2. The first-order valence-corrected chi connectivity index (χ1v) is 23.3. The van der Waals surface area contributed by atoms with Crippen molar-refractivity contribution in [2.75, 3.05) is 37.8 Å². The number of amides is 2. The topological polar surface area (TPSA) is 455 Å². The van der Waals surface area contributed by atoms with Crippen LogP contribution < -0.4 is 16.4 Å². The molecular formula is C30H46N7O22P3S. The summed E-state index contributed by atoms with van der Waals surface area (Å²) in [6, 6.07) is 0. The average molecular weight is 982 g/mol. The van der Waals surface area contributed by atoms with Gasteiger partial charge in [0, 0.05) is 37.1 Å². The second kappa shape index (κ2) is 24.3. The van der Waals surface area contributed by atoms with Gasteiger partial charge in [0.2, 0.25) is 22.7 Å². The van der Waals surface area contributed by atoms with Gasteiger partial charge in [0.1, 0.15) is 36.3 Å². The SMILES string of the molecule is C/C=C/C(=O)SCCNC(=O)CCNC(=O)[C@H](O)C(C)(C)COP(=O)(O)OP(=O)(O)OC[C@H]1O[C@@H](n2cnc3c(N)ncnc32)[C@H](O)[C@@H]1OP(=O)(O)O.O=C(O)CCC(=O)C(=O)O. The van der Waals surface area contributed by atoms with Crippen LogP contribution in [-0.2, 0) is 65.1 Å². The predicted octanol–water partition coefficient (Wildman–Crippen LogP) is -1.25. The maximum Gasteiger partial charge on any atom is 0.481 e. The number of ether oxygens (including phenoxy) is 1. The Morgan fingerprint density at radius 2 is 1.63 bits per heavy atom. The van der Waals surface area contributed by atoms with Crippen LogP contribution in [0.5, 0.6) is 0 Å². The lowest BCUT2D eigenvalue weighted by Gasteiger charge is -2.30. The number of aromatic nitrogens is 4. The molecule has 1 aliphatic rings. The molecule has 63 heavy (non-hydrogen) atoms. The number of allylic oxidation sites excluding steroid dienone is 1. The second-order valence-electron chi connectivity index (χ2n) is 13.4. The summed E-state index contributed by atoms with van der Waals surface area (Å²) in [7, 11) is -16.4. The number of nitrogens with two attached hydrogens (primary N) is 1. The number of Topliss-reactive ketones (excluding diaryl/α,β-unsaturated/α-hetero) is 1.